The lowest BCUT2D eigenvalue weighted by molar-refractivity contribution is 0.114. The zero-order chi connectivity index (χ0) is 17.3. The van der Waals surface area contributed by atoms with E-state index in [4.69, 9.17) is 4.74 Å². The van der Waals surface area contributed by atoms with Gasteiger partial charge in [0.2, 0.25) is 0 Å². The molecule has 1 unspecified atom stereocenters. The Hall–Kier alpha value is -1.59. The van der Waals surface area contributed by atoms with Gasteiger partial charge in [0.15, 0.2) is 5.96 Å². The largest absolute Gasteiger partial charge is 0.376 e. The molecule has 2 aliphatic heterocycles. The Morgan fingerprint density at radius 3 is 2.64 bits per heavy atom. The predicted molar refractivity (Wildman–Crippen MR) is 103 cm³/mol. The number of aliphatic imine (C=N–C) groups is 1. The number of piperidine rings is 1. The first kappa shape index (κ1) is 18.2. The summed E-state index contributed by atoms with van der Waals surface area (Å²) in [6, 6.07) is 8.75. The number of likely N-dealkylation sites (tertiary alicyclic amines) is 1. The smallest absolute Gasteiger partial charge is 0.191 e. The predicted octanol–water partition coefficient (Wildman–Crippen LogP) is 2.52. The second-order valence-electron chi connectivity index (χ2n) is 7.05. The standard InChI is InChI=1S/C20H32N4O/c1-21-20(23-15-19-10-7-13-25-19)22-14-17-8-3-4-9-18(17)16-24-11-5-2-6-12-24/h3-4,8-9,19H,2,5-7,10-16H2,1H3,(H2,21,22,23). The van der Waals surface area contributed by atoms with Crippen molar-refractivity contribution in [3.05, 3.63) is 35.4 Å². The third kappa shape index (κ3) is 5.72. The van der Waals surface area contributed by atoms with Crippen LogP contribution < -0.4 is 10.6 Å². The van der Waals surface area contributed by atoms with Crippen LogP contribution in [0.25, 0.3) is 0 Å². The van der Waals surface area contributed by atoms with Crippen molar-refractivity contribution < 1.29 is 4.74 Å². The van der Waals surface area contributed by atoms with Crippen LogP contribution in [0, 0.1) is 0 Å². The Labute approximate surface area is 151 Å². The summed E-state index contributed by atoms with van der Waals surface area (Å²) in [7, 11) is 1.82. The van der Waals surface area contributed by atoms with Crippen LogP contribution in [0.5, 0.6) is 0 Å². The molecule has 2 aliphatic rings. The van der Waals surface area contributed by atoms with E-state index < -0.39 is 0 Å². The first-order valence-electron chi connectivity index (χ1n) is 9.70. The van der Waals surface area contributed by atoms with Crippen molar-refractivity contribution in [1.82, 2.24) is 15.5 Å². The Kier molecular flexibility index (Phi) is 7.12. The van der Waals surface area contributed by atoms with E-state index in [0.717, 1.165) is 38.6 Å². The summed E-state index contributed by atoms with van der Waals surface area (Å²) < 4.78 is 5.66. The lowest BCUT2D eigenvalue weighted by Gasteiger charge is -2.27. The molecule has 0 bridgehead atoms. The third-order valence-corrected chi connectivity index (χ3v) is 5.15. The van der Waals surface area contributed by atoms with Gasteiger partial charge in [0, 0.05) is 33.3 Å². The van der Waals surface area contributed by atoms with Gasteiger partial charge in [0.1, 0.15) is 0 Å². The molecular weight excluding hydrogens is 312 g/mol. The molecule has 5 heteroatoms. The van der Waals surface area contributed by atoms with Gasteiger partial charge in [-0.05, 0) is 49.9 Å². The molecule has 0 spiro atoms. The SMILES string of the molecule is CN=C(NCc1ccccc1CN1CCCCC1)NCC1CCCO1. The molecule has 0 amide bonds. The number of guanidine groups is 1. The zero-order valence-corrected chi connectivity index (χ0v) is 15.5. The lowest BCUT2D eigenvalue weighted by Crippen LogP contribution is -2.40. The first-order chi connectivity index (χ1) is 12.3. The van der Waals surface area contributed by atoms with E-state index in [2.05, 4.69) is 44.8 Å². The molecule has 2 N–H and O–H groups in total. The van der Waals surface area contributed by atoms with E-state index in [9.17, 15) is 0 Å². The van der Waals surface area contributed by atoms with E-state index in [1.165, 1.54) is 49.9 Å². The fraction of sp³-hybridized carbons (Fsp3) is 0.650. The van der Waals surface area contributed by atoms with Crippen molar-refractivity contribution in [2.45, 2.75) is 51.3 Å². The third-order valence-electron chi connectivity index (χ3n) is 5.15. The fourth-order valence-electron chi connectivity index (χ4n) is 3.66. The molecule has 0 saturated carbocycles. The molecule has 1 atom stereocenters. The molecule has 138 valence electrons. The number of ether oxygens (including phenoxy) is 1. The summed E-state index contributed by atoms with van der Waals surface area (Å²) in [6.07, 6.45) is 6.68. The highest BCUT2D eigenvalue weighted by Gasteiger charge is 2.16. The Bertz CT molecular complexity index is 548. The number of hydrogen-bond donors (Lipinski definition) is 2. The molecule has 3 rings (SSSR count). The van der Waals surface area contributed by atoms with Crippen LogP contribution in [0.2, 0.25) is 0 Å². The van der Waals surface area contributed by atoms with Crippen LogP contribution in [0.3, 0.4) is 0 Å². The van der Waals surface area contributed by atoms with Crippen molar-refractivity contribution in [3.8, 4) is 0 Å². The number of hydrogen-bond acceptors (Lipinski definition) is 3. The van der Waals surface area contributed by atoms with Crippen LogP contribution in [-0.4, -0.2) is 50.3 Å². The molecule has 2 fully saturated rings. The van der Waals surface area contributed by atoms with Crippen LogP contribution in [0.1, 0.15) is 43.2 Å². The maximum absolute atomic E-state index is 5.66. The van der Waals surface area contributed by atoms with Crippen molar-refractivity contribution >= 4 is 5.96 Å². The minimum atomic E-state index is 0.324. The Morgan fingerprint density at radius 1 is 1.12 bits per heavy atom. The van der Waals surface area contributed by atoms with Gasteiger partial charge in [-0.1, -0.05) is 30.7 Å². The number of benzene rings is 1. The van der Waals surface area contributed by atoms with E-state index >= 15 is 0 Å². The zero-order valence-electron chi connectivity index (χ0n) is 15.5. The van der Waals surface area contributed by atoms with Gasteiger partial charge < -0.3 is 15.4 Å². The van der Waals surface area contributed by atoms with Crippen molar-refractivity contribution in [1.29, 1.82) is 0 Å². The average molecular weight is 345 g/mol. The summed E-state index contributed by atoms with van der Waals surface area (Å²) in [5.74, 6) is 0.850. The molecule has 1 aromatic carbocycles. The Morgan fingerprint density at radius 2 is 1.92 bits per heavy atom. The van der Waals surface area contributed by atoms with Crippen molar-refractivity contribution in [2.75, 3.05) is 33.3 Å². The minimum Gasteiger partial charge on any atom is -0.376 e. The topological polar surface area (TPSA) is 48.9 Å². The van der Waals surface area contributed by atoms with Crippen LogP contribution in [0.15, 0.2) is 29.3 Å². The summed E-state index contributed by atoms with van der Waals surface area (Å²) >= 11 is 0. The van der Waals surface area contributed by atoms with E-state index in [-0.39, 0.29) is 0 Å². The molecule has 5 nitrogen and oxygen atoms in total. The van der Waals surface area contributed by atoms with Gasteiger partial charge in [0.05, 0.1) is 6.10 Å². The van der Waals surface area contributed by atoms with E-state index in [1.54, 1.807) is 0 Å². The van der Waals surface area contributed by atoms with Crippen molar-refractivity contribution in [3.63, 3.8) is 0 Å². The number of rotatable bonds is 6. The van der Waals surface area contributed by atoms with Crippen LogP contribution in [-0.2, 0) is 17.8 Å². The van der Waals surface area contributed by atoms with Gasteiger partial charge in [-0.3, -0.25) is 9.89 Å². The maximum Gasteiger partial charge on any atom is 0.191 e. The van der Waals surface area contributed by atoms with Gasteiger partial charge in [-0.15, -0.1) is 0 Å². The van der Waals surface area contributed by atoms with Crippen LogP contribution >= 0.6 is 0 Å². The lowest BCUT2D eigenvalue weighted by atomic mass is 10.0. The highest BCUT2D eigenvalue weighted by atomic mass is 16.5. The molecule has 2 heterocycles. The summed E-state index contributed by atoms with van der Waals surface area (Å²) in [4.78, 5) is 6.91. The van der Waals surface area contributed by atoms with E-state index in [1.807, 2.05) is 7.05 Å². The number of nitrogens with zero attached hydrogens (tertiary/aromatic N) is 2. The molecule has 0 radical (unpaired) electrons. The van der Waals surface area contributed by atoms with Gasteiger partial charge in [-0.25, -0.2) is 0 Å². The average Bonchev–Trinajstić information content (AvgIpc) is 3.17. The van der Waals surface area contributed by atoms with Gasteiger partial charge in [0.25, 0.3) is 0 Å². The second kappa shape index (κ2) is 9.78. The second-order valence-corrected chi connectivity index (χ2v) is 7.05. The van der Waals surface area contributed by atoms with Crippen LogP contribution in [0.4, 0.5) is 0 Å². The quantitative estimate of drug-likeness (QED) is 0.615. The van der Waals surface area contributed by atoms with E-state index in [0.29, 0.717) is 6.10 Å². The Balaban J connectivity index is 1.50. The summed E-state index contributed by atoms with van der Waals surface area (Å²) in [5, 5.41) is 6.84. The monoisotopic (exact) mass is 344 g/mol. The molecular formula is C20H32N4O. The summed E-state index contributed by atoms with van der Waals surface area (Å²) in [6.45, 7) is 6.03. The maximum atomic E-state index is 5.66. The molecule has 0 aromatic heterocycles. The fourth-order valence-corrected chi connectivity index (χ4v) is 3.66. The van der Waals surface area contributed by atoms with Gasteiger partial charge in [-0.2, -0.15) is 0 Å². The highest BCUT2D eigenvalue weighted by molar-refractivity contribution is 5.79. The molecule has 2 saturated heterocycles. The minimum absolute atomic E-state index is 0.324. The first-order valence-corrected chi connectivity index (χ1v) is 9.70. The molecule has 25 heavy (non-hydrogen) atoms. The van der Waals surface area contributed by atoms with Gasteiger partial charge >= 0.3 is 0 Å². The number of nitrogens with one attached hydrogen (secondary N) is 2. The highest BCUT2D eigenvalue weighted by Crippen LogP contribution is 2.16. The molecule has 0 aliphatic carbocycles. The van der Waals surface area contributed by atoms with Crippen molar-refractivity contribution in [2.24, 2.45) is 4.99 Å². The normalized spacial score (nSPS) is 22.1. The summed E-state index contributed by atoms with van der Waals surface area (Å²) in [5.41, 5.74) is 2.78. The molecule has 1 aromatic rings.